The summed E-state index contributed by atoms with van der Waals surface area (Å²) in [5, 5.41) is 17.6. The molecule has 5 rings (SSSR count). The standard InChI is InChI=1S/C25H26F2N6O2/c1-15-14-17(4-5-18(15)24(35)32-12-8-25(26,27)9-13-32)30-22-21-20(7-11-29-23(21)34)33(31-22)19(6-10-28)16-2-3-16/h4-5,7,11,14,16,19H,2-3,6,8-9,12-13H2,1H3,(H,29,34)(H,30,31). The molecule has 0 spiro atoms. The van der Waals surface area contributed by atoms with Crippen molar-refractivity contribution < 1.29 is 13.6 Å². The van der Waals surface area contributed by atoms with Crippen LogP contribution in [0.1, 0.15) is 54.1 Å². The topological polar surface area (TPSA) is 107 Å². The highest BCUT2D eigenvalue weighted by Crippen LogP contribution is 2.43. The van der Waals surface area contributed by atoms with Gasteiger partial charge >= 0.3 is 0 Å². The number of anilines is 2. The number of halogens is 2. The van der Waals surface area contributed by atoms with Crippen molar-refractivity contribution in [2.24, 2.45) is 5.92 Å². The van der Waals surface area contributed by atoms with E-state index in [1.54, 1.807) is 42.1 Å². The number of hydrogen-bond donors (Lipinski definition) is 2. The molecule has 1 saturated heterocycles. The van der Waals surface area contributed by atoms with Gasteiger partial charge in [0.05, 0.1) is 24.0 Å². The Kier molecular flexibility index (Phi) is 5.79. The summed E-state index contributed by atoms with van der Waals surface area (Å²) in [7, 11) is 0. The largest absolute Gasteiger partial charge is 0.338 e. The van der Waals surface area contributed by atoms with Crippen molar-refractivity contribution >= 4 is 28.3 Å². The normalized spacial score (nSPS) is 18.3. The van der Waals surface area contributed by atoms with Gasteiger partial charge in [0.1, 0.15) is 5.39 Å². The van der Waals surface area contributed by atoms with Crippen LogP contribution in [0.4, 0.5) is 20.3 Å². The number of rotatable bonds is 6. The Hall–Kier alpha value is -3.74. The quantitative estimate of drug-likeness (QED) is 0.540. The van der Waals surface area contributed by atoms with E-state index in [0.717, 1.165) is 12.8 Å². The summed E-state index contributed by atoms with van der Waals surface area (Å²) in [6.45, 7) is 1.85. The minimum atomic E-state index is -2.71. The third kappa shape index (κ3) is 4.50. The van der Waals surface area contributed by atoms with Crippen molar-refractivity contribution in [2.45, 2.75) is 51.0 Å². The van der Waals surface area contributed by atoms with Crippen molar-refractivity contribution in [1.29, 1.82) is 5.26 Å². The number of pyridine rings is 1. The van der Waals surface area contributed by atoms with Crippen LogP contribution >= 0.6 is 0 Å². The summed E-state index contributed by atoms with van der Waals surface area (Å²) in [5.74, 6) is -2.23. The Morgan fingerprint density at radius 1 is 1.31 bits per heavy atom. The summed E-state index contributed by atoms with van der Waals surface area (Å²) in [6, 6.07) is 9.09. The number of benzene rings is 1. The molecule has 3 heterocycles. The molecule has 0 bridgehead atoms. The molecule has 182 valence electrons. The molecule has 0 radical (unpaired) electrons. The first-order valence-corrected chi connectivity index (χ1v) is 11.8. The molecule has 2 fully saturated rings. The summed E-state index contributed by atoms with van der Waals surface area (Å²) in [5.41, 5.74) is 2.16. The Morgan fingerprint density at radius 3 is 2.71 bits per heavy atom. The number of likely N-dealkylation sites (tertiary alicyclic amines) is 1. The average molecular weight is 481 g/mol. The Balaban J connectivity index is 1.43. The van der Waals surface area contributed by atoms with Gasteiger partial charge < -0.3 is 15.2 Å². The van der Waals surface area contributed by atoms with E-state index in [-0.39, 0.29) is 43.4 Å². The number of piperidine rings is 1. The molecule has 1 saturated carbocycles. The Bertz CT molecular complexity index is 1370. The smallest absolute Gasteiger partial charge is 0.261 e. The minimum Gasteiger partial charge on any atom is -0.338 e. The molecule has 1 unspecified atom stereocenters. The number of nitrogens with one attached hydrogen (secondary N) is 2. The number of H-pyrrole nitrogens is 1. The molecule has 3 aromatic rings. The van der Waals surface area contributed by atoms with E-state index in [4.69, 9.17) is 0 Å². The number of carbonyl (C=O) groups excluding carboxylic acids is 1. The van der Waals surface area contributed by atoms with Gasteiger partial charge in [-0.2, -0.15) is 10.4 Å². The van der Waals surface area contributed by atoms with E-state index in [1.807, 2.05) is 0 Å². The summed E-state index contributed by atoms with van der Waals surface area (Å²) in [6.07, 6.45) is 3.30. The van der Waals surface area contributed by atoms with E-state index in [2.05, 4.69) is 21.5 Å². The number of aromatic nitrogens is 3. The predicted molar refractivity (Wildman–Crippen MR) is 127 cm³/mol. The Labute approximate surface area is 200 Å². The highest BCUT2D eigenvalue weighted by atomic mass is 19.3. The first-order chi connectivity index (χ1) is 16.8. The highest BCUT2D eigenvalue weighted by molar-refractivity contribution is 5.96. The van der Waals surface area contributed by atoms with Crippen molar-refractivity contribution in [2.75, 3.05) is 18.4 Å². The molecule has 35 heavy (non-hydrogen) atoms. The number of hydrogen-bond acceptors (Lipinski definition) is 5. The number of nitrogens with zero attached hydrogens (tertiary/aromatic N) is 4. The van der Waals surface area contributed by atoms with Crippen molar-refractivity contribution in [3.63, 3.8) is 0 Å². The third-order valence-corrected chi connectivity index (χ3v) is 6.91. The van der Waals surface area contributed by atoms with Crippen LogP contribution in [0.25, 0.3) is 10.9 Å². The molecule has 2 N–H and O–H groups in total. The first-order valence-electron chi connectivity index (χ1n) is 11.8. The maximum atomic E-state index is 13.5. The monoisotopic (exact) mass is 480 g/mol. The second-order valence-electron chi connectivity index (χ2n) is 9.43. The molecule has 1 aliphatic heterocycles. The highest BCUT2D eigenvalue weighted by Gasteiger charge is 2.36. The lowest BCUT2D eigenvalue weighted by molar-refractivity contribution is -0.0494. The number of aryl methyl sites for hydroxylation is 1. The number of carbonyl (C=O) groups is 1. The molecular formula is C25H26F2N6O2. The zero-order valence-corrected chi connectivity index (χ0v) is 19.4. The zero-order chi connectivity index (χ0) is 24.7. The van der Waals surface area contributed by atoms with Crippen molar-refractivity contribution in [3.8, 4) is 6.07 Å². The predicted octanol–water partition coefficient (Wildman–Crippen LogP) is 4.51. The van der Waals surface area contributed by atoms with E-state index in [0.29, 0.717) is 45.9 Å². The van der Waals surface area contributed by atoms with E-state index in [1.165, 1.54) is 4.90 Å². The van der Waals surface area contributed by atoms with Crippen LogP contribution in [0.15, 0.2) is 35.3 Å². The Morgan fingerprint density at radius 2 is 2.06 bits per heavy atom. The van der Waals surface area contributed by atoms with Gasteiger partial charge in [-0.15, -0.1) is 0 Å². The number of aromatic amines is 1. The van der Waals surface area contributed by atoms with Crippen LogP contribution in [0.5, 0.6) is 0 Å². The second-order valence-corrected chi connectivity index (χ2v) is 9.43. The van der Waals surface area contributed by atoms with Crippen LogP contribution in [-0.4, -0.2) is 44.6 Å². The van der Waals surface area contributed by atoms with Gasteiger partial charge in [-0.05, 0) is 55.5 Å². The SMILES string of the molecule is Cc1cc(Nc2nn(C(CC#N)C3CC3)c3cc[nH]c(=O)c23)ccc1C(=O)N1CCC(F)(F)CC1. The minimum absolute atomic E-state index is 0.0301. The van der Waals surface area contributed by atoms with E-state index in [9.17, 15) is 23.6 Å². The lowest BCUT2D eigenvalue weighted by Gasteiger charge is -2.32. The van der Waals surface area contributed by atoms with Gasteiger partial charge in [-0.1, -0.05) is 0 Å². The second kappa shape index (κ2) is 8.80. The van der Waals surface area contributed by atoms with Crippen molar-refractivity contribution in [3.05, 3.63) is 51.9 Å². The third-order valence-electron chi connectivity index (χ3n) is 6.91. The fourth-order valence-corrected chi connectivity index (χ4v) is 4.79. The summed E-state index contributed by atoms with van der Waals surface area (Å²) in [4.78, 5) is 29.7. The van der Waals surface area contributed by atoms with Crippen LogP contribution < -0.4 is 10.9 Å². The van der Waals surface area contributed by atoms with Crippen LogP contribution in [0.3, 0.4) is 0 Å². The molecular weight excluding hydrogens is 454 g/mol. The van der Waals surface area contributed by atoms with Crippen LogP contribution in [-0.2, 0) is 0 Å². The zero-order valence-electron chi connectivity index (χ0n) is 19.4. The lowest BCUT2D eigenvalue weighted by Crippen LogP contribution is -2.42. The summed E-state index contributed by atoms with van der Waals surface area (Å²) >= 11 is 0. The fraction of sp³-hybridized carbons (Fsp3) is 0.440. The van der Waals surface area contributed by atoms with Crippen molar-refractivity contribution in [1.82, 2.24) is 19.7 Å². The average Bonchev–Trinajstić information content (AvgIpc) is 3.59. The van der Waals surface area contributed by atoms with Crippen LogP contribution in [0, 0.1) is 24.2 Å². The maximum Gasteiger partial charge on any atom is 0.261 e. The lowest BCUT2D eigenvalue weighted by atomic mass is 10.0. The van der Waals surface area contributed by atoms with Gasteiger partial charge in [0.2, 0.25) is 0 Å². The van der Waals surface area contributed by atoms with Gasteiger partial charge in [-0.3, -0.25) is 14.3 Å². The fourth-order valence-electron chi connectivity index (χ4n) is 4.79. The number of nitriles is 1. The van der Waals surface area contributed by atoms with Crippen LogP contribution in [0.2, 0.25) is 0 Å². The number of amides is 1. The van der Waals surface area contributed by atoms with E-state index < -0.39 is 5.92 Å². The molecule has 1 aromatic carbocycles. The molecule has 2 aromatic heterocycles. The molecule has 2 aliphatic rings. The molecule has 8 nitrogen and oxygen atoms in total. The summed E-state index contributed by atoms with van der Waals surface area (Å²) < 4.78 is 28.7. The molecule has 1 amide bonds. The maximum absolute atomic E-state index is 13.5. The first kappa shape index (κ1) is 23.0. The van der Waals surface area contributed by atoms with Gasteiger partial charge in [0.15, 0.2) is 5.82 Å². The molecule has 1 aliphatic carbocycles. The molecule has 10 heteroatoms. The molecule has 1 atom stereocenters. The van der Waals surface area contributed by atoms with Gasteiger partial charge in [0.25, 0.3) is 17.4 Å². The van der Waals surface area contributed by atoms with Gasteiger partial charge in [-0.25, -0.2) is 8.78 Å². The number of fused-ring (bicyclic) bond motifs is 1. The van der Waals surface area contributed by atoms with E-state index >= 15 is 0 Å². The number of alkyl halides is 2. The van der Waals surface area contributed by atoms with Gasteiger partial charge in [0, 0.05) is 43.4 Å².